The first-order valence-electron chi connectivity index (χ1n) is 8.61. The summed E-state index contributed by atoms with van der Waals surface area (Å²) < 4.78 is 0. The average molecular weight is 284 g/mol. The smallest absolute Gasteiger partial charge is 0.312 e. The Morgan fingerprint density at radius 1 is 0.850 bits per heavy atom. The molecule has 3 heteroatoms. The largest absolute Gasteiger partial charge is 0.352 e. The molecule has 0 heterocycles. The fourth-order valence-electron chi connectivity index (χ4n) is 2.78. The summed E-state index contributed by atoms with van der Waals surface area (Å²) in [5.41, 5.74) is 5.23. The summed E-state index contributed by atoms with van der Waals surface area (Å²) in [6, 6.07) is -0.380. The minimum absolute atomic E-state index is 0.107. The van der Waals surface area contributed by atoms with Gasteiger partial charge in [0.2, 0.25) is 0 Å². The fraction of sp³-hybridized carbons (Fsp3) is 0.941. The molecule has 0 saturated heterocycles. The molecule has 3 N–H and O–H groups in total. The van der Waals surface area contributed by atoms with Crippen LogP contribution in [0.4, 0.5) is 4.79 Å². The van der Waals surface area contributed by atoms with Crippen LogP contribution in [0, 0.1) is 0 Å². The molecule has 0 aromatic rings. The van der Waals surface area contributed by atoms with Crippen LogP contribution < -0.4 is 11.1 Å². The number of amides is 2. The third-order valence-electron chi connectivity index (χ3n) is 4.09. The molecule has 0 aromatic heterocycles. The fourth-order valence-corrected chi connectivity index (χ4v) is 2.78. The van der Waals surface area contributed by atoms with E-state index in [9.17, 15) is 4.79 Å². The molecule has 2 amide bonds. The normalized spacial score (nSPS) is 11.6. The molecule has 3 nitrogen and oxygen atoms in total. The minimum Gasteiger partial charge on any atom is -0.352 e. The van der Waals surface area contributed by atoms with Crippen molar-refractivity contribution >= 4 is 6.03 Å². The van der Waals surface area contributed by atoms with Gasteiger partial charge in [-0.05, 0) is 19.8 Å². The lowest BCUT2D eigenvalue weighted by molar-refractivity contribution is 0.226. The number of hydrogen-bond donors (Lipinski definition) is 2. The Morgan fingerprint density at radius 3 is 1.60 bits per heavy atom. The summed E-state index contributed by atoms with van der Waals surface area (Å²) in [7, 11) is 0. The van der Waals surface area contributed by atoms with Crippen molar-refractivity contribution < 1.29 is 4.79 Å². The number of rotatable bonds is 13. The van der Waals surface area contributed by atoms with Crippen molar-refractivity contribution in [1.82, 2.24) is 5.32 Å². The molecule has 0 fully saturated rings. The summed E-state index contributed by atoms with van der Waals surface area (Å²) in [4.78, 5) is 11.2. The van der Waals surface area contributed by atoms with Crippen LogP contribution in [0.5, 0.6) is 0 Å². The van der Waals surface area contributed by atoms with Gasteiger partial charge in [-0.3, -0.25) is 0 Å². The zero-order chi connectivity index (χ0) is 15.3. The monoisotopic (exact) mass is 284 g/mol. The predicted octanol–water partition coefficient (Wildman–Crippen LogP) is 5.13. The van der Waals surface area contributed by atoms with Gasteiger partial charge in [-0.25, -0.2) is 4.79 Å². The summed E-state index contributed by atoms with van der Waals surface area (Å²) >= 11 is 0. The summed E-state index contributed by atoms with van der Waals surface area (Å²) in [6.45, 7) is 6.61. The lowest BCUT2D eigenvalue weighted by Gasteiger charge is -2.30. The van der Waals surface area contributed by atoms with Gasteiger partial charge in [0.1, 0.15) is 0 Å². The Labute approximate surface area is 126 Å². The molecule has 120 valence electrons. The van der Waals surface area contributed by atoms with Gasteiger partial charge in [-0.1, -0.05) is 78.1 Å². The highest BCUT2D eigenvalue weighted by Gasteiger charge is 2.24. The molecule has 0 aromatic carbocycles. The first-order valence-corrected chi connectivity index (χ1v) is 8.61. The Balaban J connectivity index is 3.98. The maximum absolute atomic E-state index is 11.2. The predicted molar refractivity (Wildman–Crippen MR) is 87.9 cm³/mol. The third-order valence-corrected chi connectivity index (χ3v) is 4.09. The maximum Gasteiger partial charge on any atom is 0.312 e. The maximum atomic E-state index is 11.2. The lowest BCUT2D eigenvalue weighted by atomic mass is 9.88. The van der Waals surface area contributed by atoms with E-state index in [2.05, 4.69) is 26.1 Å². The Morgan fingerprint density at radius 2 is 1.25 bits per heavy atom. The molecule has 0 rings (SSSR count). The van der Waals surface area contributed by atoms with Crippen LogP contribution in [0.15, 0.2) is 0 Å². The van der Waals surface area contributed by atoms with Crippen LogP contribution in [0.2, 0.25) is 0 Å². The zero-order valence-corrected chi connectivity index (χ0v) is 14.0. The number of carbonyl (C=O) groups excluding carboxylic acids is 1. The molecule has 0 saturated carbocycles. The number of primary amides is 1. The van der Waals surface area contributed by atoms with Gasteiger partial charge in [0.05, 0.1) is 0 Å². The highest BCUT2D eigenvalue weighted by atomic mass is 16.2. The van der Waals surface area contributed by atoms with Crippen LogP contribution in [0.1, 0.15) is 97.8 Å². The van der Waals surface area contributed by atoms with Crippen molar-refractivity contribution in [3.05, 3.63) is 0 Å². The van der Waals surface area contributed by atoms with Gasteiger partial charge in [0.15, 0.2) is 0 Å². The van der Waals surface area contributed by atoms with E-state index >= 15 is 0 Å². The van der Waals surface area contributed by atoms with Gasteiger partial charge in [-0.15, -0.1) is 0 Å². The van der Waals surface area contributed by atoms with Gasteiger partial charge in [-0.2, -0.15) is 0 Å². The number of urea groups is 1. The van der Waals surface area contributed by atoms with E-state index in [4.69, 9.17) is 5.73 Å². The SMILES string of the molecule is CCCCCCCC(C)(CCCCCCC)NC(N)=O. The Hall–Kier alpha value is -0.730. The minimum atomic E-state index is -0.380. The number of nitrogens with one attached hydrogen (secondary N) is 1. The number of carbonyl (C=O) groups is 1. The van der Waals surface area contributed by atoms with Crippen molar-refractivity contribution in [3.8, 4) is 0 Å². The molecule has 0 atom stereocenters. The molecule has 0 spiro atoms. The molecular weight excluding hydrogens is 248 g/mol. The van der Waals surface area contributed by atoms with Gasteiger partial charge in [0, 0.05) is 5.54 Å². The van der Waals surface area contributed by atoms with Crippen molar-refractivity contribution in [2.45, 2.75) is 103 Å². The summed E-state index contributed by atoms with van der Waals surface area (Å²) in [5.74, 6) is 0. The summed E-state index contributed by atoms with van der Waals surface area (Å²) in [6.07, 6.45) is 14.8. The second kappa shape index (κ2) is 12.0. The topological polar surface area (TPSA) is 55.1 Å². The Kier molecular flexibility index (Phi) is 11.6. The zero-order valence-electron chi connectivity index (χ0n) is 14.0. The Bertz CT molecular complexity index is 227. The highest BCUT2D eigenvalue weighted by Crippen LogP contribution is 2.22. The molecule has 0 aliphatic rings. The van der Waals surface area contributed by atoms with Crippen molar-refractivity contribution in [1.29, 1.82) is 0 Å². The van der Waals surface area contributed by atoms with Gasteiger partial charge in [0.25, 0.3) is 0 Å². The number of hydrogen-bond acceptors (Lipinski definition) is 1. The van der Waals surface area contributed by atoms with Crippen LogP contribution in [-0.2, 0) is 0 Å². The van der Waals surface area contributed by atoms with E-state index in [0.29, 0.717) is 0 Å². The molecule has 20 heavy (non-hydrogen) atoms. The number of unbranched alkanes of at least 4 members (excludes halogenated alkanes) is 8. The molecule has 0 aliphatic carbocycles. The standard InChI is InChI=1S/C17H36N2O/c1-4-6-8-10-12-14-17(3,19-16(18)20)15-13-11-9-7-5-2/h4-15H2,1-3H3,(H3,18,19,20). The molecule has 0 unspecified atom stereocenters. The second-order valence-corrected chi connectivity index (χ2v) is 6.38. The first-order chi connectivity index (χ1) is 9.54. The van der Waals surface area contributed by atoms with Crippen LogP contribution in [-0.4, -0.2) is 11.6 Å². The molecular formula is C17H36N2O. The first kappa shape index (κ1) is 19.3. The number of nitrogens with two attached hydrogens (primary N) is 1. The van der Waals surface area contributed by atoms with Gasteiger partial charge >= 0.3 is 6.03 Å². The van der Waals surface area contributed by atoms with Crippen LogP contribution in [0.25, 0.3) is 0 Å². The van der Waals surface area contributed by atoms with Crippen molar-refractivity contribution in [3.63, 3.8) is 0 Å². The highest BCUT2D eigenvalue weighted by molar-refractivity contribution is 5.72. The average Bonchev–Trinajstić information content (AvgIpc) is 2.37. The van der Waals surface area contributed by atoms with Crippen LogP contribution >= 0.6 is 0 Å². The van der Waals surface area contributed by atoms with E-state index < -0.39 is 0 Å². The molecule has 0 radical (unpaired) electrons. The molecule has 0 aliphatic heterocycles. The van der Waals surface area contributed by atoms with Crippen molar-refractivity contribution in [2.24, 2.45) is 5.73 Å². The quantitative estimate of drug-likeness (QED) is 0.452. The van der Waals surface area contributed by atoms with Gasteiger partial charge < -0.3 is 11.1 Å². The second-order valence-electron chi connectivity index (χ2n) is 6.38. The van der Waals surface area contributed by atoms with E-state index in [1.807, 2.05) is 0 Å². The van der Waals surface area contributed by atoms with Crippen LogP contribution in [0.3, 0.4) is 0 Å². The van der Waals surface area contributed by atoms with E-state index in [0.717, 1.165) is 12.8 Å². The van der Waals surface area contributed by atoms with E-state index in [-0.39, 0.29) is 11.6 Å². The lowest BCUT2D eigenvalue weighted by Crippen LogP contribution is -2.48. The third kappa shape index (κ3) is 11.1. The van der Waals surface area contributed by atoms with Crippen molar-refractivity contribution in [2.75, 3.05) is 0 Å². The van der Waals surface area contributed by atoms with E-state index in [1.165, 1.54) is 64.2 Å². The summed E-state index contributed by atoms with van der Waals surface area (Å²) in [5, 5.41) is 2.98. The molecule has 0 bridgehead atoms. The van der Waals surface area contributed by atoms with E-state index in [1.54, 1.807) is 0 Å².